The van der Waals surface area contributed by atoms with Gasteiger partial charge in [-0.1, -0.05) is 6.58 Å². The Morgan fingerprint density at radius 2 is 2.00 bits per heavy atom. The van der Waals surface area contributed by atoms with Crippen molar-refractivity contribution in [2.24, 2.45) is 0 Å². The number of carbonyl (C=O) groups excluding carboxylic acids is 1. The molecule has 0 unspecified atom stereocenters. The van der Waals surface area contributed by atoms with Gasteiger partial charge in [-0.05, 0) is 0 Å². The molecule has 1 aliphatic heterocycles. The van der Waals surface area contributed by atoms with Gasteiger partial charge in [-0.2, -0.15) is 0 Å². The summed E-state index contributed by atoms with van der Waals surface area (Å²) in [6.07, 6.45) is 0. The molecule has 1 aliphatic rings. The molecule has 1 saturated heterocycles. The number of rotatable bonds is 2. The van der Waals surface area contributed by atoms with Gasteiger partial charge in [0.05, 0.1) is 18.9 Å². The summed E-state index contributed by atoms with van der Waals surface area (Å²) in [5.41, 5.74) is 0.605. The van der Waals surface area contributed by atoms with Gasteiger partial charge in [0.15, 0.2) is 5.78 Å². The Labute approximate surface area is 66.6 Å². The monoisotopic (exact) mass is 155 g/mol. The number of ketones is 1. The SMILES string of the molecule is C=C(C(C)=O)N1CCOCC1. The van der Waals surface area contributed by atoms with Crippen molar-refractivity contribution in [3.63, 3.8) is 0 Å². The molecular weight excluding hydrogens is 142 g/mol. The van der Waals surface area contributed by atoms with Crippen LogP contribution >= 0.6 is 0 Å². The Morgan fingerprint density at radius 1 is 1.45 bits per heavy atom. The van der Waals surface area contributed by atoms with Crippen LogP contribution in [0.2, 0.25) is 0 Å². The Hall–Kier alpha value is -0.830. The molecule has 0 bridgehead atoms. The maximum atomic E-state index is 10.9. The highest BCUT2D eigenvalue weighted by Crippen LogP contribution is 2.05. The molecule has 3 nitrogen and oxygen atoms in total. The smallest absolute Gasteiger partial charge is 0.175 e. The number of allylic oxidation sites excluding steroid dienone is 1. The molecule has 11 heavy (non-hydrogen) atoms. The Kier molecular flexibility index (Phi) is 2.65. The molecule has 0 radical (unpaired) electrons. The topological polar surface area (TPSA) is 29.5 Å². The average molecular weight is 155 g/mol. The van der Waals surface area contributed by atoms with Gasteiger partial charge in [0.1, 0.15) is 0 Å². The largest absolute Gasteiger partial charge is 0.378 e. The number of carbonyl (C=O) groups is 1. The van der Waals surface area contributed by atoms with Gasteiger partial charge in [-0.3, -0.25) is 4.79 Å². The van der Waals surface area contributed by atoms with Crippen LogP contribution in [0.4, 0.5) is 0 Å². The van der Waals surface area contributed by atoms with Gasteiger partial charge in [0.2, 0.25) is 0 Å². The van der Waals surface area contributed by atoms with Gasteiger partial charge >= 0.3 is 0 Å². The van der Waals surface area contributed by atoms with Crippen molar-refractivity contribution in [1.29, 1.82) is 0 Å². The van der Waals surface area contributed by atoms with E-state index in [4.69, 9.17) is 4.74 Å². The second-order valence-corrected chi connectivity index (χ2v) is 2.60. The lowest BCUT2D eigenvalue weighted by molar-refractivity contribution is -0.115. The van der Waals surface area contributed by atoms with Crippen LogP contribution in [0.1, 0.15) is 6.92 Å². The molecule has 0 aromatic carbocycles. The van der Waals surface area contributed by atoms with Crippen LogP contribution in [0.3, 0.4) is 0 Å². The van der Waals surface area contributed by atoms with E-state index in [0.717, 1.165) is 13.1 Å². The van der Waals surface area contributed by atoms with Gasteiger partial charge in [-0.25, -0.2) is 0 Å². The van der Waals surface area contributed by atoms with Crippen molar-refractivity contribution in [1.82, 2.24) is 4.90 Å². The van der Waals surface area contributed by atoms with Crippen LogP contribution < -0.4 is 0 Å². The molecule has 1 fully saturated rings. The third-order valence-electron chi connectivity index (χ3n) is 1.80. The van der Waals surface area contributed by atoms with Crippen molar-refractivity contribution < 1.29 is 9.53 Å². The summed E-state index contributed by atoms with van der Waals surface area (Å²) in [6, 6.07) is 0. The minimum Gasteiger partial charge on any atom is -0.378 e. The van der Waals surface area contributed by atoms with Crippen molar-refractivity contribution in [2.45, 2.75) is 6.92 Å². The summed E-state index contributed by atoms with van der Waals surface area (Å²) in [5.74, 6) is 0.0481. The molecule has 0 atom stereocenters. The summed E-state index contributed by atoms with van der Waals surface area (Å²) < 4.78 is 5.14. The number of nitrogens with zero attached hydrogens (tertiary/aromatic N) is 1. The maximum absolute atomic E-state index is 10.9. The van der Waals surface area contributed by atoms with Crippen molar-refractivity contribution in [3.8, 4) is 0 Å². The summed E-state index contributed by atoms with van der Waals surface area (Å²) in [4.78, 5) is 12.8. The number of ether oxygens (including phenoxy) is 1. The summed E-state index contributed by atoms with van der Waals surface area (Å²) in [7, 11) is 0. The fraction of sp³-hybridized carbons (Fsp3) is 0.625. The van der Waals surface area contributed by atoms with Crippen LogP contribution in [-0.4, -0.2) is 37.0 Å². The fourth-order valence-electron chi connectivity index (χ4n) is 1.06. The zero-order chi connectivity index (χ0) is 8.27. The maximum Gasteiger partial charge on any atom is 0.175 e. The predicted octanol–water partition coefficient (Wildman–Crippen LogP) is 0.421. The fourth-order valence-corrected chi connectivity index (χ4v) is 1.06. The second-order valence-electron chi connectivity index (χ2n) is 2.60. The summed E-state index contributed by atoms with van der Waals surface area (Å²) >= 11 is 0. The van der Waals surface area contributed by atoms with E-state index < -0.39 is 0 Å². The van der Waals surface area contributed by atoms with E-state index in [1.165, 1.54) is 6.92 Å². The summed E-state index contributed by atoms with van der Waals surface area (Å²) in [6.45, 7) is 8.22. The summed E-state index contributed by atoms with van der Waals surface area (Å²) in [5, 5.41) is 0. The van der Waals surface area contributed by atoms with Crippen LogP contribution in [0.25, 0.3) is 0 Å². The Morgan fingerprint density at radius 3 is 2.45 bits per heavy atom. The molecule has 0 amide bonds. The van der Waals surface area contributed by atoms with Crippen LogP contribution in [0.5, 0.6) is 0 Å². The first kappa shape index (κ1) is 8.27. The highest BCUT2D eigenvalue weighted by Gasteiger charge is 2.14. The highest BCUT2D eigenvalue weighted by molar-refractivity contribution is 5.91. The highest BCUT2D eigenvalue weighted by atomic mass is 16.5. The number of morpholine rings is 1. The third kappa shape index (κ3) is 2.05. The standard InChI is InChI=1S/C8H13NO2/c1-7(8(2)10)9-3-5-11-6-4-9/h1,3-6H2,2H3. The molecule has 1 heterocycles. The van der Waals surface area contributed by atoms with Crippen LogP contribution in [-0.2, 0) is 9.53 Å². The number of hydrogen-bond acceptors (Lipinski definition) is 3. The van der Waals surface area contributed by atoms with E-state index in [-0.39, 0.29) is 5.78 Å². The average Bonchev–Trinajstić information content (AvgIpc) is 2.05. The van der Waals surface area contributed by atoms with Gasteiger partial charge in [0.25, 0.3) is 0 Å². The van der Waals surface area contributed by atoms with Crippen molar-refractivity contribution in [2.75, 3.05) is 26.3 Å². The van der Waals surface area contributed by atoms with Gasteiger partial charge < -0.3 is 9.64 Å². The minimum absolute atomic E-state index is 0.0481. The first-order chi connectivity index (χ1) is 5.22. The van der Waals surface area contributed by atoms with E-state index in [1.807, 2.05) is 4.90 Å². The molecule has 0 aliphatic carbocycles. The van der Waals surface area contributed by atoms with E-state index in [1.54, 1.807) is 0 Å². The first-order valence-electron chi connectivity index (χ1n) is 3.74. The molecule has 3 heteroatoms. The minimum atomic E-state index is 0.0481. The predicted molar refractivity (Wildman–Crippen MR) is 42.2 cm³/mol. The molecule has 0 N–H and O–H groups in total. The molecule has 0 saturated carbocycles. The zero-order valence-electron chi connectivity index (χ0n) is 6.80. The molecule has 0 aromatic heterocycles. The quantitative estimate of drug-likeness (QED) is 0.541. The molecule has 1 rings (SSSR count). The molecule has 0 spiro atoms. The zero-order valence-corrected chi connectivity index (χ0v) is 6.80. The van der Waals surface area contributed by atoms with E-state index in [9.17, 15) is 4.79 Å². The lowest BCUT2D eigenvalue weighted by Crippen LogP contribution is -2.37. The van der Waals surface area contributed by atoms with Crippen LogP contribution in [0, 0.1) is 0 Å². The van der Waals surface area contributed by atoms with Crippen molar-refractivity contribution in [3.05, 3.63) is 12.3 Å². The number of hydrogen-bond donors (Lipinski definition) is 0. The van der Waals surface area contributed by atoms with Crippen molar-refractivity contribution >= 4 is 5.78 Å². The number of Topliss-reactive ketones (excluding diaryl/α,β-unsaturated/α-hetero) is 1. The first-order valence-corrected chi connectivity index (χ1v) is 3.74. The lowest BCUT2D eigenvalue weighted by Gasteiger charge is -2.28. The molecule has 62 valence electrons. The molecular formula is C8H13NO2. The molecule has 0 aromatic rings. The van der Waals surface area contributed by atoms with Gasteiger partial charge in [0, 0.05) is 20.0 Å². The Balaban J connectivity index is 2.45. The second kappa shape index (κ2) is 3.53. The van der Waals surface area contributed by atoms with E-state index >= 15 is 0 Å². The normalized spacial score (nSPS) is 18.1. The van der Waals surface area contributed by atoms with E-state index in [0.29, 0.717) is 18.9 Å². The lowest BCUT2D eigenvalue weighted by atomic mass is 10.3. The third-order valence-corrected chi connectivity index (χ3v) is 1.80. The van der Waals surface area contributed by atoms with Gasteiger partial charge in [-0.15, -0.1) is 0 Å². The Bertz CT molecular complexity index is 171. The van der Waals surface area contributed by atoms with Crippen LogP contribution in [0.15, 0.2) is 12.3 Å². The van der Waals surface area contributed by atoms with E-state index in [2.05, 4.69) is 6.58 Å².